The van der Waals surface area contributed by atoms with E-state index in [1.54, 1.807) is 11.5 Å². The molecule has 0 spiro atoms. The zero-order valence-electron chi connectivity index (χ0n) is 11.8. The molecule has 0 aliphatic rings. The molecular weight excluding hydrogens is 338 g/mol. The number of aromatic nitrogens is 1. The summed E-state index contributed by atoms with van der Waals surface area (Å²) in [5.74, 6) is -0.00185. The number of rotatable bonds is 4. The molecule has 2 rings (SSSR count). The summed E-state index contributed by atoms with van der Waals surface area (Å²) in [7, 11) is 0. The molecule has 112 valence electrons. The van der Waals surface area contributed by atoms with Crippen LogP contribution < -0.4 is 0 Å². The number of halogens is 1. The van der Waals surface area contributed by atoms with Gasteiger partial charge in [-0.2, -0.15) is 0 Å². The van der Waals surface area contributed by atoms with Crippen LogP contribution in [0, 0.1) is 0 Å². The Morgan fingerprint density at radius 1 is 1.43 bits per heavy atom. The summed E-state index contributed by atoms with van der Waals surface area (Å²) in [4.78, 5) is 11.3. The van der Waals surface area contributed by atoms with E-state index in [0.29, 0.717) is 6.54 Å². The Kier molecular flexibility index (Phi) is 4.95. The van der Waals surface area contributed by atoms with Crippen molar-refractivity contribution in [1.82, 2.24) is 4.57 Å². The predicted octanol–water partition coefficient (Wildman–Crippen LogP) is 4.76. The second kappa shape index (κ2) is 6.71. The second-order valence-electron chi connectivity index (χ2n) is 4.38. The molecule has 0 bridgehead atoms. The smallest absolute Gasteiger partial charge is 0.452 e. The van der Waals surface area contributed by atoms with Crippen LogP contribution in [-0.2, 0) is 11.3 Å². The SMILES string of the molecule is CCCn1c(O)c(N=NC(=O)OCC)c2cc(Br)ccc21. The highest BCUT2D eigenvalue weighted by atomic mass is 79.9. The molecule has 6 nitrogen and oxygen atoms in total. The number of ether oxygens (including phenoxy) is 1. The molecule has 0 aliphatic heterocycles. The first-order chi connectivity index (χ1) is 10.1. The van der Waals surface area contributed by atoms with Crippen molar-refractivity contribution in [3.8, 4) is 5.88 Å². The lowest BCUT2D eigenvalue weighted by Crippen LogP contribution is -1.96. The van der Waals surface area contributed by atoms with Crippen LogP contribution in [0.1, 0.15) is 20.3 Å². The standard InChI is InChI=1S/C14H16BrN3O3/c1-3-7-18-11-6-5-9(15)8-10(11)12(13(18)19)16-17-14(20)21-4-2/h5-6,8,19H,3-4,7H2,1-2H3. The van der Waals surface area contributed by atoms with Gasteiger partial charge in [-0.05, 0) is 31.5 Å². The van der Waals surface area contributed by atoms with E-state index in [-0.39, 0.29) is 18.2 Å². The van der Waals surface area contributed by atoms with Gasteiger partial charge >= 0.3 is 6.09 Å². The summed E-state index contributed by atoms with van der Waals surface area (Å²) in [6, 6.07) is 5.61. The maximum Gasteiger partial charge on any atom is 0.452 e. The molecule has 1 N–H and O–H groups in total. The number of carbonyl (C=O) groups is 1. The molecule has 1 heterocycles. The van der Waals surface area contributed by atoms with Crippen LogP contribution in [0.15, 0.2) is 32.9 Å². The van der Waals surface area contributed by atoms with Gasteiger partial charge in [-0.25, -0.2) is 4.79 Å². The molecule has 2 aromatic rings. The van der Waals surface area contributed by atoms with E-state index in [4.69, 9.17) is 4.74 Å². The van der Waals surface area contributed by atoms with Crippen LogP contribution in [0.4, 0.5) is 10.5 Å². The topological polar surface area (TPSA) is 76.2 Å². The predicted molar refractivity (Wildman–Crippen MR) is 83.1 cm³/mol. The number of hydrogen-bond acceptors (Lipinski definition) is 4. The van der Waals surface area contributed by atoms with Gasteiger partial charge in [-0.1, -0.05) is 28.0 Å². The van der Waals surface area contributed by atoms with Crippen molar-refractivity contribution in [2.75, 3.05) is 6.61 Å². The van der Waals surface area contributed by atoms with Crippen LogP contribution in [0.3, 0.4) is 0 Å². The maximum atomic E-state index is 11.3. The third-order valence-corrected chi connectivity index (χ3v) is 3.41. The van der Waals surface area contributed by atoms with Crippen molar-refractivity contribution < 1.29 is 14.6 Å². The van der Waals surface area contributed by atoms with Gasteiger partial charge in [0.15, 0.2) is 5.69 Å². The van der Waals surface area contributed by atoms with Crippen molar-refractivity contribution in [1.29, 1.82) is 0 Å². The Hall–Kier alpha value is -1.89. The zero-order chi connectivity index (χ0) is 15.4. The van der Waals surface area contributed by atoms with E-state index in [9.17, 15) is 9.90 Å². The Morgan fingerprint density at radius 2 is 2.19 bits per heavy atom. The van der Waals surface area contributed by atoms with Gasteiger partial charge in [-0.3, -0.25) is 0 Å². The quantitative estimate of drug-likeness (QED) is 0.805. The minimum absolute atomic E-state index is 0.00185. The zero-order valence-corrected chi connectivity index (χ0v) is 13.4. The Bertz CT molecular complexity index is 694. The fourth-order valence-corrected chi connectivity index (χ4v) is 2.45. The number of nitrogens with zero attached hydrogens (tertiary/aromatic N) is 3. The van der Waals surface area contributed by atoms with Gasteiger partial charge < -0.3 is 14.4 Å². The monoisotopic (exact) mass is 353 g/mol. The average Bonchev–Trinajstić information content (AvgIpc) is 2.70. The minimum atomic E-state index is -0.775. The number of fused-ring (bicyclic) bond motifs is 1. The van der Waals surface area contributed by atoms with Gasteiger partial charge in [0, 0.05) is 16.4 Å². The molecule has 1 aromatic heterocycles. The van der Waals surface area contributed by atoms with Gasteiger partial charge in [0.1, 0.15) is 0 Å². The fourth-order valence-electron chi connectivity index (χ4n) is 2.09. The van der Waals surface area contributed by atoms with Crippen LogP contribution in [0.2, 0.25) is 0 Å². The Balaban J connectivity index is 2.53. The van der Waals surface area contributed by atoms with E-state index in [2.05, 4.69) is 26.2 Å². The number of benzene rings is 1. The first-order valence-electron chi connectivity index (χ1n) is 6.67. The molecule has 0 fully saturated rings. The summed E-state index contributed by atoms with van der Waals surface area (Å²) in [6.45, 7) is 4.59. The summed E-state index contributed by atoms with van der Waals surface area (Å²) >= 11 is 3.39. The first-order valence-corrected chi connectivity index (χ1v) is 7.47. The van der Waals surface area contributed by atoms with Crippen molar-refractivity contribution in [2.45, 2.75) is 26.8 Å². The van der Waals surface area contributed by atoms with Gasteiger partial charge in [-0.15, -0.1) is 5.11 Å². The lowest BCUT2D eigenvalue weighted by atomic mass is 10.2. The highest BCUT2D eigenvalue weighted by Crippen LogP contribution is 2.40. The first kappa shape index (κ1) is 15.5. The molecule has 1 amide bonds. The Labute approximate surface area is 130 Å². The summed E-state index contributed by atoms with van der Waals surface area (Å²) in [5, 5.41) is 18.4. The van der Waals surface area contributed by atoms with Crippen molar-refractivity contribution in [3.05, 3.63) is 22.7 Å². The molecule has 0 unspecified atom stereocenters. The average molecular weight is 354 g/mol. The summed E-state index contributed by atoms with van der Waals surface area (Å²) in [6.07, 6.45) is 0.0882. The number of hydrogen-bond donors (Lipinski definition) is 1. The molecule has 7 heteroatoms. The van der Waals surface area contributed by atoms with Crippen LogP contribution >= 0.6 is 15.9 Å². The fraction of sp³-hybridized carbons (Fsp3) is 0.357. The van der Waals surface area contributed by atoms with Gasteiger partial charge in [0.2, 0.25) is 5.88 Å². The van der Waals surface area contributed by atoms with E-state index in [1.165, 1.54) is 0 Å². The normalized spacial score (nSPS) is 11.4. The van der Waals surface area contributed by atoms with E-state index in [1.807, 2.05) is 25.1 Å². The lowest BCUT2D eigenvalue weighted by Gasteiger charge is -2.03. The van der Waals surface area contributed by atoms with Crippen molar-refractivity contribution in [3.63, 3.8) is 0 Å². The lowest BCUT2D eigenvalue weighted by molar-refractivity contribution is 0.162. The molecule has 0 atom stereocenters. The van der Waals surface area contributed by atoms with Gasteiger partial charge in [0.25, 0.3) is 0 Å². The number of amides is 1. The number of carbonyl (C=O) groups excluding carboxylic acids is 1. The van der Waals surface area contributed by atoms with E-state index < -0.39 is 6.09 Å². The highest BCUT2D eigenvalue weighted by molar-refractivity contribution is 9.10. The van der Waals surface area contributed by atoms with Gasteiger partial charge in [0.05, 0.1) is 12.1 Å². The van der Waals surface area contributed by atoms with Crippen LogP contribution in [0.5, 0.6) is 5.88 Å². The molecule has 0 saturated heterocycles. The number of aromatic hydroxyl groups is 1. The largest absolute Gasteiger partial charge is 0.493 e. The maximum absolute atomic E-state index is 11.3. The molecule has 0 radical (unpaired) electrons. The number of aryl methyl sites for hydroxylation is 1. The summed E-state index contributed by atoms with van der Waals surface area (Å²) in [5.41, 5.74) is 1.11. The van der Waals surface area contributed by atoms with Crippen molar-refractivity contribution in [2.24, 2.45) is 10.2 Å². The molecule has 21 heavy (non-hydrogen) atoms. The van der Waals surface area contributed by atoms with Crippen molar-refractivity contribution >= 4 is 38.6 Å². The van der Waals surface area contributed by atoms with E-state index in [0.717, 1.165) is 21.8 Å². The number of azo groups is 1. The molecule has 0 aliphatic carbocycles. The van der Waals surface area contributed by atoms with Crippen LogP contribution in [-0.4, -0.2) is 22.4 Å². The third kappa shape index (κ3) is 3.24. The third-order valence-electron chi connectivity index (χ3n) is 2.92. The molecular formula is C14H16BrN3O3. The highest BCUT2D eigenvalue weighted by Gasteiger charge is 2.16. The summed E-state index contributed by atoms with van der Waals surface area (Å²) < 4.78 is 7.31. The van der Waals surface area contributed by atoms with Crippen LogP contribution in [0.25, 0.3) is 10.9 Å². The Morgan fingerprint density at radius 3 is 2.86 bits per heavy atom. The molecule has 0 saturated carbocycles. The molecule has 1 aromatic carbocycles. The van der Waals surface area contributed by atoms with E-state index >= 15 is 0 Å². The minimum Gasteiger partial charge on any atom is -0.493 e. The second-order valence-corrected chi connectivity index (χ2v) is 5.30.